The van der Waals surface area contributed by atoms with Crippen molar-refractivity contribution in [3.63, 3.8) is 0 Å². The van der Waals surface area contributed by atoms with Crippen molar-refractivity contribution in [3.05, 3.63) is 0 Å². The van der Waals surface area contributed by atoms with Crippen molar-refractivity contribution >= 4 is 23.8 Å². The van der Waals surface area contributed by atoms with Gasteiger partial charge in [-0.2, -0.15) is 11.8 Å². The van der Waals surface area contributed by atoms with Crippen LogP contribution in [0.15, 0.2) is 0 Å². The fourth-order valence-corrected chi connectivity index (χ4v) is 3.25. The molecule has 0 aromatic carbocycles. The van der Waals surface area contributed by atoms with Crippen molar-refractivity contribution in [1.29, 1.82) is 0 Å². The van der Waals surface area contributed by atoms with Gasteiger partial charge in [0.05, 0.1) is 5.41 Å². The molecule has 6 heteroatoms. The zero-order valence-corrected chi connectivity index (χ0v) is 13.5. The number of carbonyl (C=O) groups excluding carboxylic acids is 1. The first-order valence-electron chi connectivity index (χ1n) is 7.31. The molecule has 1 heterocycles. The summed E-state index contributed by atoms with van der Waals surface area (Å²) in [5.41, 5.74) is -0.751. The van der Waals surface area contributed by atoms with Gasteiger partial charge in [-0.05, 0) is 37.7 Å². The van der Waals surface area contributed by atoms with Crippen LogP contribution >= 0.6 is 11.8 Å². The van der Waals surface area contributed by atoms with E-state index in [0.717, 1.165) is 17.9 Å². The van der Waals surface area contributed by atoms with Gasteiger partial charge in [0.2, 0.25) is 0 Å². The molecule has 1 aliphatic heterocycles. The number of thioether (sulfide) groups is 1. The van der Waals surface area contributed by atoms with Crippen molar-refractivity contribution in [3.8, 4) is 0 Å². The summed E-state index contributed by atoms with van der Waals surface area (Å²) in [7, 11) is 0. The van der Waals surface area contributed by atoms with Crippen LogP contribution < -0.4 is 5.32 Å². The lowest BCUT2D eigenvalue weighted by Gasteiger charge is -2.24. The summed E-state index contributed by atoms with van der Waals surface area (Å²) in [6.45, 7) is 6.84. The van der Waals surface area contributed by atoms with Crippen LogP contribution in [0.3, 0.4) is 0 Å². The zero-order valence-electron chi connectivity index (χ0n) is 12.6. The van der Waals surface area contributed by atoms with Crippen LogP contribution in [0.2, 0.25) is 0 Å². The minimum Gasteiger partial charge on any atom is -0.481 e. The number of rotatable bonds is 7. The second-order valence-electron chi connectivity index (χ2n) is 5.45. The SMILES string of the molecule is CCSCCC(C)NC(=O)N1CCC(CC)(C(=O)O)C1. The van der Waals surface area contributed by atoms with E-state index in [1.807, 2.05) is 25.6 Å². The molecule has 1 saturated heterocycles. The molecule has 5 nitrogen and oxygen atoms in total. The predicted octanol–water partition coefficient (Wildman–Crippen LogP) is 2.41. The average molecular weight is 302 g/mol. The van der Waals surface area contributed by atoms with Crippen molar-refractivity contribution in [2.24, 2.45) is 5.41 Å². The van der Waals surface area contributed by atoms with Crippen LogP contribution in [-0.4, -0.2) is 52.6 Å². The van der Waals surface area contributed by atoms with Crippen molar-refractivity contribution in [2.45, 2.75) is 46.1 Å². The fraction of sp³-hybridized carbons (Fsp3) is 0.857. The lowest BCUT2D eigenvalue weighted by atomic mass is 9.84. The van der Waals surface area contributed by atoms with Gasteiger partial charge in [0.15, 0.2) is 0 Å². The summed E-state index contributed by atoms with van der Waals surface area (Å²) in [5, 5.41) is 12.3. The molecule has 0 aromatic rings. The third-order valence-corrected chi connectivity index (χ3v) is 4.97. The van der Waals surface area contributed by atoms with Crippen molar-refractivity contribution in [2.75, 3.05) is 24.6 Å². The van der Waals surface area contributed by atoms with E-state index in [2.05, 4.69) is 12.2 Å². The standard InChI is InChI=1S/C14H26N2O3S/c1-4-14(12(17)18)7-8-16(10-14)13(19)15-11(3)6-9-20-5-2/h11H,4-10H2,1-3H3,(H,15,19)(H,17,18). The minimum absolute atomic E-state index is 0.128. The highest BCUT2D eigenvalue weighted by atomic mass is 32.2. The topological polar surface area (TPSA) is 69.6 Å². The molecular formula is C14H26N2O3S. The molecule has 2 unspecified atom stereocenters. The first-order valence-corrected chi connectivity index (χ1v) is 8.47. The van der Waals surface area contributed by atoms with E-state index in [0.29, 0.717) is 25.9 Å². The summed E-state index contributed by atoms with van der Waals surface area (Å²) < 4.78 is 0. The Morgan fingerprint density at radius 2 is 2.15 bits per heavy atom. The highest BCUT2D eigenvalue weighted by molar-refractivity contribution is 7.99. The number of nitrogens with zero attached hydrogens (tertiary/aromatic N) is 1. The number of likely N-dealkylation sites (tertiary alicyclic amines) is 1. The van der Waals surface area contributed by atoms with Gasteiger partial charge < -0.3 is 15.3 Å². The van der Waals surface area contributed by atoms with Gasteiger partial charge in [0.1, 0.15) is 0 Å². The Labute approximate surface area is 125 Å². The molecule has 1 rings (SSSR count). The van der Waals surface area contributed by atoms with E-state index >= 15 is 0 Å². The number of aliphatic carboxylic acids is 1. The van der Waals surface area contributed by atoms with Gasteiger partial charge >= 0.3 is 12.0 Å². The van der Waals surface area contributed by atoms with E-state index in [1.165, 1.54) is 0 Å². The van der Waals surface area contributed by atoms with Gasteiger partial charge in [0, 0.05) is 19.1 Å². The van der Waals surface area contributed by atoms with Gasteiger partial charge in [-0.25, -0.2) is 4.79 Å². The fourth-order valence-electron chi connectivity index (χ4n) is 2.44. The average Bonchev–Trinajstić information content (AvgIpc) is 2.85. The molecule has 0 radical (unpaired) electrons. The van der Waals surface area contributed by atoms with Gasteiger partial charge in [-0.3, -0.25) is 4.79 Å². The molecule has 0 aliphatic carbocycles. The summed E-state index contributed by atoms with van der Waals surface area (Å²) in [5.74, 6) is 1.33. The number of carboxylic acid groups (broad SMARTS) is 1. The second kappa shape index (κ2) is 7.76. The third kappa shape index (κ3) is 4.30. The third-order valence-electron chi connectivity index (χ3n) is 4.04. The number of hydrogen-bond acceptors (Lipinski definition) is 3. The normalized spacial score (nSPS) is 23.6. The van der Waals surface area contributed by atoms with E-state index in [-0.39, 0.29) is 12.1 Å². The number of hydrogen-bond donors (Lipinski definition) is 2. The molecule has 2 N–H and O–H groups in total. The van der Waals surface area contributed by atoms with E-state index in [9.17, 15) is 14.7 Å². The van der Waals surface area contributed by atoms with Crippen LogP contribution in [0, 0.1) is 5.41 Å². The number of carboxylic acids is 1. The van der Waals surface area contributed by atoms with Crippen molar-refractivity contribution in [1.82, 2.24) is 10.2 Å². The van der Waals surface area contributed by atoms with Crippen LogP contribution in [0.5, 0.6) is 0 Å². The molecule has 1 fully saturated rings. The lowest BCUT2D eigenvalue weighted by molar-refractivity contribution is -0.148. The summed E-state index contributed by atoms with van der Waals surface area (Å²) in [6.07, 6.45) is 2.05. The molecule has 20 heavy (non-hydrogen) atoms. The largest absolute Gasteiger partial charge is 0.481 e. The van der Waals surface area contributed by atoms with Gasteiger partial charge in [-0.15, -0.1) is 0 Å². The first-order chi connectivity index (χ1) is 9.45. The van der Waals surface area contributed by atoms with E-state index in [1.54, 1.807) is 4.90 Å². The van der Waals surface area contributed by atoms with E-state index in [4.69, 9.17) is 0 Å². The first kappa shape index (κ1) is 17.1. The maximum Gasteiger partial charge on any atom is 0.317 e. The second-order valence-corrected chi connectivity index (χ2v) is 6.84. The maximum atomic E-state index is 12.1. The minimum atomic E-state index is -0.789. The predicted molar refractivity (Wildman–Crippen MR) is 82.2 cm³/mol. The molecule has 0 aromatic heterocycles. The number of amides is 2. The maximum absolute atomic E-state index is 12.1. The van der Waals surface area contributed by atoms with Crippen LogP contribution in [0.25, 0.3) is 0 Å². The molecule has 0 spiro atoms. The Morgan fingerprint density at radius 3 is 2.65 bits per heavy atom. The quantitative estimate of drug-likeness (QED) is 0.709. The van der Waals surface area contributed by atoms with Gasteiger partial charge in [-0.1, -0.05) is 13.8 Å². The van der Waals surface area contributed by atoms with Gasteiger partial charge in [0.25, 0.3) is 0 Å². The molecular weight excluding hydrogens is 276 g/mol. The number of nitrogens with one attached hydrogen (secondary N) is 1. The Kier molecular flexibility index (Phi) is 6.65. The number of urea groups is 1. The van der Waals surface area contributed by atoms with Crippen LogP contribution in [-0.2, 0) is 4.79 Å². The molecule has 2 atom stereocenters. The lowest BCUT2D eigenvalue weighted by Crippen LogP contribution is -2.44. The van der Waals surface area contributed by atoms with Crippen LogP contribution in [0.4, 0.5) is 4.79 Å². The Bertz CT molecular complexity index is 351. The Balaban J connectivity index is 2.44. The van der Waals surface area contributed by atoms with Crippen LogP contribution in [0.1, 0.15) is 40.0 Å². The molecule has 2 amide bonds. The highest BCUT2D eigenvalue weighted by Crippen LogP contribution is 2.34. The van der Waals surface area contributed by atoms with Crippen molar-refractivity contribution < 1.29 is 14.7 Å². The smallest absolute Gasteiger partial charge is 0.317 e. The highest BCUT2D eigenvalue weighted by Gasteiger charge is 2.44. The Hall–Kier alpha value is -0.910. The number of carbonyl (C=O) groups is 2. The zero-order chi connectivity index (χ0) is 15.2. The molecule has 0 bridgehead atoms. The molecule has 0 saturated carbocycles. The summed E-state index contributed by atoms with van der Waals surface area (Å²) >= 11 is 1.86. The molecule has 116 valence electrons. The Morgan fingerprint density at radius 1 is 1.45 bits per heavy atom. The van der Waals surface area contributed by atoms with E-state index < -0.39 is 11.4 Å². The summed E-state index contributed by atoms with van der Waals surface area (Å²) in [6, 6.07) is -0.00132. The summed E-state index contributed by atoms with van der Waals surface area (Å²) in [4.78, 5) is 25.1. The monoisotopic (exact) mass is 302 g/mol. The molecule has 1 aliphatic rings.